The van der Waals surface area contributed by atoms with Gasteiger partial charge in [-0.05, 0) is 62.3 Å². The van der Waals surface area contributed by atoms with E-state index in [0.717, 1.165) is 52.8 Å². The average Bonchev–Trinajstić information content (AvgIpc) is 3.25. The third-order valence-corrected chi connectivity index (χ3v) is 7.52. The van der Waals surface area contributed by atoms with E-state index < -0.39 is 22.9 Å². The van der Waals surface area contributed by atoms with Crippen molar-refractivity contribution in [1.82, 2.24) is 4.98 Å². The highest BCUT2D eigenvalue weighted by Gasteiger charge is 2.36. The van der Waals surface area contributed by atoms with Crippen LogP contribution < -0.4 is 26.4 Å². The van der Waals surface area contributed by atoms with Crippen molar-refractivity contribution in [2.75, 3.05) is 15.5 Å². The molecule has 2 heterocycles. The van der Waals surface area contributed by atoms with Gasteiger partial charge in [0, 0.05) is 35.3 Å². The molecule has 3 aromatic carbocycles. The highest BCUT2D eigenvalue weighted by atomic mass is 16.4. The molecule has 4 aromatic rings. The molecule has 0 spiro atoms. The van der Waals surface area contributed by atoms with E-state index in [1.807, 2.05) is 61.2 Å². The Morgan fingerprint density at radius 3 is 2.39 bits per heavy atom. The maximum atomic E-state index is 12.4. The molecule has 3 atom stereocenters. The smallest absolute Gasteiger partial charge is 0.326 e. The van der Waals surface area contributed by atoms with Gasteiger partial charge in [0.2, 0.25) is 0 Å². The number of nitrogens with one attached hydrogen (secondary N) is 2. The van der Waals surface area contributed by atoms with Crippen molar-refractivity contribution in [2.45, 2.75) is 64.6 Å². The Morgan fingerprint density at radius 2 is 1.74 bits per heavy atom. The van der Waals surface area contributed by atoms with E-state index >= 15 is 0 Å². The van der Waals surface area contributed by atoms with E-state index in [1.165, 1.54) is 0 Å². The predicted molar refractivity (Wildman–Crippen MR) is 152 cm³/mol. The molecule has 1 fully saturated rings. The maximum absolute atomic E-state index is 12.4. The summed E-state index contributed by atoms with van der Waals surface area (Å²) in [7, 11) is 0. The molecule has 0 radical (unpaired) electrons. The minimum absolute atomic E-state index is 0.120. The topological polar surface area (TPSA) is 112 Å². The highest BCUT2D eigenvalue weighted by molar-refractivity contribution is 5.93. The summed E-state index contributed by atoms with van der Waals surface area (Å²) in [4.78, 5) is 43.6. The Balaban J connectivity index is 1.33. The molecule has 1 saturated heterocycles. The highest BCUT2D eigenvalue weighted by Crippen LogP contribution is 2.33. The van der Waals surface area contributed by atoms with Crippen LogP contribution in [0, 0.1) is 0 Å². The summed E-state index contributed by atoms with van der Waals surface area (Å²) in [6, 6.07) is 16.9. The summed E-state index contributed by atoms with van der Waals surface area (Å²) in [5.74, 6) is -0.309. The lowest BCUT2D eigenvalue weighted by Gasteiger charge is -2.32. The average molecular weight is 513 g/mol. The molecule has 0 bridgehead atoms. The molecule has 38 heavy (non-hydrogen) atoms. The Bertz CT molecular complexity index is 1550. The van der Waals surface area contributed by atoms with Crippen molar-refractivity contribution < 1.29 is 9.90 Å². The third-order valence-electron chi connectivity index (χ3n) is 7.52. The Labute approximate surface area is 221 Å². The Morgan fingerprint density at radius 1 is 1.05 bits per heavy atom. The fourth-order valence-corrected chi connectivity index (χ4v) is 5.40. The van der Waals surface area contributed by atoms with Crippen LogP contribution in [0.5, 0.6) is 0 Å². The number of hydrogen-bond acceptors (Lipinski definition) is 7. The first-order valence-corrected chi connectivity index (χ1v) is 13.1. The molecule has 0 aliphatic carbocycles. The first kappa shape index (κ1) is 25.4. The van der Waals surface area contributed by atoms with E-state index in [1.54, 1.807) is 0 Å². The van der Waals surface area contributed by atoms with E-state index in [0.29, 0.717) is 5.69 Å². The van der Waals surface area contributed by atoms with Crippen LogP contribution >= 0.6 is 0 Å². The minimum atomic E-state index is -1.08. The van der Waals surface area contributed by atoms with Gasteiger partial charge < -0.3 is 20.6 Å². The van der Waals surface area contributed by atoms with Crippen molar-refractivity contribution in [3.63, 3.8) is 0 Å². The molecule has 0 saturated carbocycles. The number of carbonyl (C=O) groups is 1. The fraction of sp³-hybridized carbons (Fsp3) is 0.333. The first-order valence-electron chi connectivity index (χ1n) is 13.1. The van der Waals surface area contributed by atoms with Crippen molar-refractivity contribution in [1.29, 1.82) is 0 Å². The summed E-state index contributed by atoms with van der Waals surface area (Å²) in [5.41, 5.74) is 1.88. The lowest BCUT2D eigenvalue weighted by atomic mass is 10.0. The lowest BCUT2D eigenvalue weighted by molar-refractivity contribution is -0.137. The van der Waals surface area contributed by atoms with Gasteiger partial charge in [-0.1, -0.05) is 43.3 Å². The van der Waals surface area contributed by atoms with Gasteiger partial charge in [0.25, 0.3) is 10.9 Å². The second kappa shape index (κ2) is 10.3. The number of fused-ring (bicyclic) bond motifs is 1. The third kappa shape index (κ3) is 4.74. The maximum Gasteiger partial charge on any atom is 0.326 e. The lowest BCUT2D eigenvalue weighted by Crippen LogP contribution is -2.48. The zero-order chi connectivity index (χ0) is 27.0. The minimum Gasteiger partial charge on any atom is -0.480 e. The number of benzene rings is 2. The summed E-state index contributed by atoms with van der Waals surface area (Å²) >= 11 is 0. The fourth-order valence-electron chi connectivity index (χ4n) is 5.40. The molecule has 0 amide bonds. The van der Waals surface area contributed by atoms with Crippen molar-refractivity contribution in [3.8, 4) is 0 Å². The van der Waals surface area contributed by atoms with Crippen LogP contribution in [0.2, 0.25) is 0 Å². The van der Waals surface area contributed by atoms with E-state index in [-0.39, 0.29) is 24.2 Å². The SMILES string of the molecule is CCc1cc2ccccc2c(Nc2ccc(CC(Nc3c(N4C(C)CCC4C)c(=O)c3=O)C(=O)O)cc2)n1. The number of carboxylic acid groups (broad SMARTS) is 1. The molecule has 3 N–H and O–H groups in total. The van der Waals surface area contributed by atoms with Gasteiger partial charge in [0.05, 0.1) is 0 Å². The predicted octanol–water partition coefficient (Wildman–Crippen LogP) is 4.62. The van der Waals surface area contributed by atoms with E-state index in [4.69, 9.17) is 4.98 Å². The molecule has 1 aliphatic rings. The van der Waals surface area contributed by atoms with Gasteiger partial charge in [-0.25, -0.2) is 9.78 Å². The van der Waals surface area contributed by atoms with Crippen molar-refractivity contribution in [2.24, 2.45) is 0 Å². The Hall–Kier alpha value is -4.20. The summed E-state index contributed by atoms with van der Waals surface area (Å²) in [5, 5.41) is 18.3. The quantitative estimate of drug-likeness (QED) is 0.279. The van der Waals surface area contributed by atoms with Gasteiger partial charge in [-0.2, -0.15) is 0 Å². The number of carboxylic acids is 1. The number of hydrogen-bond donors (Lipinski definition) is 3. The standard InChI is InChI=1S/C30H32N4O4/c1-4-21-16-20-7-5-6-8-23(20)29(31-21)32-22-13-11-19(12-14-22)15-24(30(37)38)33-25-26(28(36)27(25)35)34-17(2)9-10-18(34)3/h5-8,11-14,16-18,24,33H,4,9-10,15H2,1-3H3,(H,31,32)(H,37,38). The van der Waals surface area contributed by atoms with Crippen molar-refractivity contribution >= 4 is 39.6 Å². The summed E-state index contributed by atoms with van der Waals surface area (Å²) < 4.78 is 0. The van der Waals surface area contributed by atoms with Crippen LogP contribution in [0.3, 0.4) is 0 Å². The summed E-state index contributed by atoms with van der Waals surface area (Å²) in [6.45, 7) is 6.11. The molecule has 8 heteroatoms. The van der Waals surface area contributed by atoms with Crippen LogP contribution in [0.1, 0.15) is 44.9 Å². The van der Waals surface area contributed by atoms with Crippen LogP contribution in [-0.2, 0) is 17.6 Å². The molecule has 1 aliphatic heterocycles. The molecule has 3 unspecified atom stereocenters. The van der Waals surface area contributed by atoms with Gasteiger partial charge in [-0.3, -0.25) is 9.59 Å². The number of nitrogens with zero attached hydrogens (tertiary/aromatic N) is 2. The molecule has 8 nitrogen and oxygen atoms in total. The normalized spacial score (nSPS) is 18.1. The van der Waals surface area contributed by atoms with Gasteiger partial charge in [0.1, 0.15) is 23.2 Å². The largest absolute Gasteiger partial charge is 0.480 e. The second-order valence-corrected chi connectivity index (χ2v) is 10.2. The van der Waals surface area contributed by atoms with E-state index in [9.17, 15) is 19.5 Å². The van der Waals surface area contributed by atoms with Crippen LogP contribution in [-0.4, -0.2) is 34.2 Å². The number of aliphatic carboxylic acids is 1. The zero-order valence-electron chi connectivity index (χ0n) is 21.8. The zero-order valence-corrected chi connectivity index (χ0v) is 21.8. The molecular formula is C30H32N4O4. The number of aromatic nitrogens is 1. The van der Waals surface area contributed by atoms with Crippen LogP contribution in [0.4, 0.5) is 22.9 Å². The molecular weight excluding hydrogens is 480 g/mol. The number of aryl methyl sites for hydroxylation is 1. The van der Waals surface area contributed by atoms with Crippen LogP contribution in [0.25, 0.3) is 10.8 Å². The summed E-state index contributed by atoms with van der Waals surface area (Å²) in [6.07, 6.45) is 2.84. The van der Waals surface area contributed by atoms with Crippen LogP contribution in [0.15, 0.2) is 64.2 Å². The monoisotopic (exact) mass is 512 g/mol. The number of pyridine rings is 1. The van der Waals surface area contributed by atoms with Gasteiger partial charge in [0.15, 0.2) is 0 Å². The number of anilines is 4. The van der Waals surface area contributed by atoms with Gasteiger partial charge >= 0.3 is 5.97 Å². The molecule has 196 valence electrons. The van der Waals surface area contributed by atoms with Gasteiger partial charge in [-0.15, -0.1) is 0 Å². The Kier molecular flexibility index (Phi) is 6.89. The second-order valence-electron chi connectivity index (χ2n) is 10.2. The molecule has 1 aromatic heterocycles. The first-order chi connectivity index (χ1) is 18.3. The van der Waals surface area contributed by atoms with E-state index in [2.05, 4.69) is 29.7 Å². The number of rotatable bonds is 9. The van der Waals surface area contributed by atoms with Crippen molar-refractivity contribution in [3.05, 3.63) is 86.3 Å². The molecule has 5 rings (SSSR count).